The normalized spacial score (nSPS) is 11.5. The maximum absolute atomic E-state index is 12.3. The van der Waals surface area contributed by atoms with Crippen molar-refractivity contribution in [3.63, 3.8) is 0 Å². The minimum absolute atomic E-state index is 0.0588. The van der Waals surface area contributed by atoms with Gasteiger partial charge in [-0.2, -0.15) is 0 Å². The zero-order valence-corrected chi connectivity index (χ0v) is 13.4. The predicted molar refractivity (Wildman–Crippen MR) is 87.7 cm³/mol. The van der Waals surface area contributed by atoms with Gasteiger partial charge in [0, 0.05) is 11.3 Å². The van der Waals surface area contributed by atoms with Crippen molar-refractivity contribution in [2.24, 2.45) is 0 Å². The number of hydrogen-bond donors (Lipinski definition) is 2. The third-order valence-corrected chi connectivity index (χ3v) is 4.86. The Balaban J connectivity index is 2.02. The Hall–Kier alpha value is -1.61. The summed E-state index contributed by atoms with van der Waals surface area (Å²) in [5.74, 6) is 5.74. The van der Waals surface area contributed by atoms with Gasteiger partial charge < -0.3 is 10.4 Å². The van der Waals surface area contributed by atoms with E-state index in [1.807, 2.05) is 23.6 Å². The van der Waals surface area contributed by atoms with Gasteiger partial charge in [0.1, 0.15) is 0 Å². The average Bonchev–Trinajstić information content (AvgIpc) is 3.16. The summed E-state index contributed by atoms with van der Waals surface area (Å²) < 4.78 is 0. The maximum Gasteiger partial charge on any atom is 0.261 e. The molecule has 21 heavy (non-hydrogen) atoms. The van der Waals surface area contributed by atoms with Gasteiger partial charge >= 0.3 is 0 Å². The van der Waals surface area contributed by atoms with Crippen LogP contribution in [0.5, 0.6) is 0 Å². The topological polar surface area (TPSA) is 49.3 Å². The molecule has 0 bridgehead atoms. The molecule has 1 unspecified atom stereocenters. The summed E-state index contributed by atoms with van der Waals surface area (Å²) in [7, 11) is 0. The summed E-state index contributed by atoms with van der Waals surface area (Å²) in [6, 6.07) is 7.73. The van der Waals surface area contributed by atoms with Crippen LogP contribution in [0.3, 0.4) is 0 Å². The maximum atomic E-state index is 12.3. The van der Waals surface area contributed by atoms with Gasteiger partial charge in [0.2, 0.25) is 0 Å². The van der Waals surface area contributed by atoms with Gasteiger partial charge in [-0.05, 0) is 30.0 Å². The summed E-state index contributed by atoms with van der Waals surface area (Å²) in [6.45, 7) is 2.12. The molecule has 3 nitrogen and oxygen atoms in total. The minimum Gasteiger partial charge on any atom is -0.395 e. The van der Waals surface area contributed by atoms with Gasteiger partial charge in [0.05, 0.1) is 22.4 Å². The number of carbonyl (C=O) groups is 1. The number of rotatable bonds is 5. The summed E-state index contributed by atoms with van der Waals surface area (Å²) >= 11 is 3.03. The number of thiophene rings is 2. The van der Waals surface area contributed by atoms with E-state index in [2.05, 4.69) is 24.1 Å². The molecule has 0 aromatic carbocycles. The highest BCUT2D eigenvalue weighted by Gasteiger charge is 2.16. The molecule has 5 heteroatoms. The van der Waals surface area contributed by atoms with E-state index in [4.69, 9.17) is 5.11 Å². The molecule has 1 atom stereocenters. The van der Waals surface area contributed by atoms with E-state index < -0.39 is 0 Å². The standard InChI is InChI=1S/C16H17NO2S2/c1-2-13(14-7-5-11-20-14)17-16(19)15-9-8-12(21-15)6-3-4-10-18/h5,7-9,11,13,18H,2,4,10H2,1H3,(H,17,19). The Morgan fingerprint density at radius 1 is 1.43 bits per heavy atom. The van der Waals surface area contributed by atoms with E-state index in [9.17, 15) is 4.79 Å². The van der Waals surface area contributed by atoms with E-state index in [1.54, 1.807) is 17.4 Å². The number of nitrogens with one attached hydrogen (secondary N) is 1. The first-order valence-electron chi connectivity index (χ1n) is 6.78. The molecule has 0 spiro atoms. The molecule has 0 radical (unpaired) electrons. The Morgan fingerprint density at radius 2 is 2.29 bits per heavy atom. The van der Waals surface area contributed by atoms with Crippen LogP contribution in [-0.2, 0) is 0 Å². The van der Waals surface area contributed by atoms with Crippen LogP contribution in [-0.4, -0.2) is 17.6 Å². The molecule has 0 aliphatic carbocycles. The Kier molecular flexibility index (Phi) is 6.00. The first-order valence-corrected chi connectivity index (χ1v) is 8.48. The molecular weight excluding hydrogens is 302 g/mol. The van der Waals surface area contributed by atoms with Gasteiger partial charge in [0.15, 0.2) is 0 Å². The SMILES string of the molecule is CCC(NC(=O)c1ccc(C#CCCO)s1)c1cccs1. The highest BCUT2D eigenvalue weighted by atomic mass is 32.1. The molecule has 2 heterocycles. The zero-order chi connectivity index (χ0) is 15.1. The number of aliphatic hydroxyl groups is 1. The molecule has 0 fully saturated rings. The Bertz CT molecular complexity index is 635. The van der Waals surface area contributed by atoms with Crippen molar-refractivity contribution >= 4 is 28.6 Å². The second-order valence-corrected chi connectivity index (χ2v) is 6.45. The van der Waals surface area contributed by atoms with Crippen LogP contribution in [0, 0.1) is 11.8 Å². The minimum atomic E-state index is -0.0598. The lowest BCUT2D eigenvalue weighted by molar-refractivity contribution is 0.0940. The molecule has 0 aliphatic rings. The van der Waals surface area contributed by atoms with Crippen LogP contribution in [0.15, 0.2) is 29.6 Å². The lowest BCUT2D eigenvalue weighted by Gasteiger charge is -2.14. The fraction of sp³-hybridized carbons (Fsp3) is 0.312. The van der Waals surface area contributed by atoms with Crippen molar-refractivity contribution in [3.05, 3.63) is 44.3 Å². The molecule has 2 rings (SSSR count). The summed E-state index contributed by atoms with van der Waals surface area (Å²) in [5.41, 5.74) is 0. The molecule has 2 N–H and O–H groups in total. The molecule has 1 amide bonds. The number of hydrogen-bond acceptors (Lipinski definition) is 4. The van der Waals surface area contributed by atoms with Crippen molar-refractivity contribution in [2.75, 3.05) is 6.61 Å². The van der Waals surface area contributed by atoms with Gasteiger partial charge in [0.25, 0.3) is 5.91 Å². The van der Waals surface area contributed by atoms with Gasteiger partial charge in [-0.15, -0.1) is 22.7 Å². The van der Waals surface area contributed by atoms with Crippen LogP contribution in [0.4, 0.5) is 0 Å². The number of amides is 1. The first kappa shape index (κ1) is 15.8. The van der Waals surface area contributed by atoms with Gasteiger partial charge in [-0.1, -0.05) is 24.8 Å². The second kappa shape index (κ2) is 7.99. The molecule has 0 aliphatic heterocycles. The van der Waals surface area contributed by atoms with E-state index in [0.29, 0.717) is 11.3 Å². The van der Waals surface area contributed by atoms with Crippen LogP contribution in [0.2, 0.25) is 0 Å². The van der Waals surface area contributed by atoms with Gasteiger partial charge in [-0.25, -0.2) is 0 Å². The van der Waals surface area contributed by atoms with Crippen molar-refractivity contribution < 1.29 is 9.90 Å². The van der Waals surface area contributed by atoms with Crippen molar-refractivity contribution in [3.8, 4) is 11.8 Å². The molecule has 0 saturated heterocycles. The highest BCUT2D eigenvalue weighted by molar-refractivity contribution is 7.14. The summed E-state index contributed by atoms with van der Waals surface area (Å²) in [6.07, 6.45) is 1.32. The smallest absolute Gasteiger partial charge is 0.261 e. The van der Waals surface area contributed by atoms with Gasteiger partial charge in [-0.3, -0.25) is 4.79 Å². The monoisotopic (exact) mass is 319 g/mol. The molecule has 110 valence electrons. The van der Waals surface area contributed by atoms with E-state index in [0.717, 1.165) is 11.3 Å². The van der Waals surface area contributed by atoms with Crippen LogP contribution in [0.1, 0.15) is 45.2 Å². The predicted octanol–water partition coefficient (Wildman–Crippen LogP) is 3.42. The third kappa shape index (κ3) is 4.43. The largest absolute Gasteiger partial charge is 0.395 e. The molecule has 2 aromatic rings. The lowest BCUT2D eigenvalue weighted by Crippen LogP contribution is -2.26. The first-order chi connectivity index (χ1) is 10.2. The molecular formula is C16H17NO2S2. The highest BCUT2D eigenvalue weighted by Crippen LogP contribution is 2.23. The van der Waals surface area contributed by atoms with Crippen LogP contribution >= 0.6 is 22.7 Å². The second-order valence-electron chi connectivity index (χ2n) is 4.39. The van der Waals surface area contributed by atoms with E-state index in [-0.39, 0.29) is 18.6 Å². The zero-order valence-electron chi connectivity index (χ0n) is 11.8. The molecule has 0 saturated carbocycles. The molecule has 2 aromatic heterocycles. The fourth-order valence-electron chi connectivity index (χ4n) is 1.83. The summed E-state index contributed by atoms with van der Waals surface area (Å²) in [5, 5.41) is 13.8. The quantitative estimate of drug-likeness (QED) is 0.830. The Labute approximate surface area is 132 Å². The van der Waals surface area contributed by atoms with E-state index >= 15 is 0 Å². The number of carbonyl (C=O) groups excluding carboxylic acids is 1. The fourth-order valence-corrected chi connectivity index (χ4v) is 3.47. The third-order valence-electron chi connectivity index (χ3n) is 2.88. The number of aliphatic hydroxyl groups excluding tert-OH is 1. The van der Waals surface area contributed by atoms with Crippen molar-refractivity contribution in [1.82, 2.24) is 5.32 Å². The van der Waals surface area contributed by atoms with Crippen LogP contribution in [0.25, 0.3) is 0 Å². The van der Waals surface area contributed by atoms with Crippen molar-refractivity contribution in [2.45, 2.75) is 25.8 Å². The van der Waals surface area contributed by atoms with Crippen molar-refractivity contribution in [1.29, 1.82) is 0 Å². The van der Waals surface area contributed by atoms with Crippen LogP contribution < -0.4 is 5.32 Å². The lowest BCUT2D eigenvalue weighted by atomic mass is 10.2. The summed E-state index contributed by atoms with van der Waals surface area (Å²) in [4.78, 5) is 15.0. The Morgan fingerprint density at radius 3 is 2.95 bits per heavy atom. The van der Waals surface area contributed by atoms with E-state index in [1.165, 1.54) is 16.2 Å². The average molecular weight is 319 g/mol.